The Hall–Kier alpha value is -1.09. The van der Waals surface area contributed by atoms with Crippen LogP contribution in [0, 0.1) is 5.92 Å². The molecule has 1 aliphatic heterocycles. The van der Waals surface area contributed by atoms with Crippen LogP contribution in [-0.4, -0.2) is 23.8 Å². The molecule has 1 fully saturated rings. The summed E-state index contributed by atoms with van der Waals surface area (Å²) in [6.45, 7) is 7.78. The first-order valence-electron chi connectivity index (χ1n) is 3.81. The van der Waals surface area contributed by atoms with Crippen LogP contribution in [0.1, 0.15) is 6.42 Å². The van der Waals surface area contributed by atoms with E-state index in [1.54, 1.807) is 6.08 Å². The van der Waals surface area contributed by atoms with Crippen molar-refractivity contribution in [3.05, 3.63) is 24.8 Å². The third-order valence-electron chi connectivity index (χ3n) is 1.93. The molecule has 2 unspecified atom stereocenters. The number of carboxylic acids is 1. The van der Waals surface area contributed by atoms with Crippen molar-refractivity contribution in [2.45, 2.75) is 12.5 Å². The first kappa shape index (κ1) is 9.00. The molecule has 1 saturated heterocycles. The molecule has 1 rings (SSSR count). The summed E-state index contributed by atoms with van der Waals surface area (Å²) in [6, 6.07) is 0. The predicted octanol–water partition coefficient (Wildman–Crippen LogP) is 1.22. The van der Waals surface area contributed by atoms with Gasteiger partial charge in [-0.3, -0.25) is 0 Å². The number of hydrogen-bond donors (Lipinski definition) is 1. The third-order valence-corrected chi connectivity index (χ3v) is 1.93. The number of aliphatic carboxylic acids is 1. The van der Waals surface area contributed by atoms with Gasteiger partial charge >= 0.3 is 5.97 Å². The van der Waals surface area contributed by atoms with Gasteiger partial charge in [0.25, 0.3) is 0 Å². The highest BCUT2D eigenvalue weighted by atomic mass is 16.6. The van der Waals surface area contributed by atoms with E-state index in [2.05, 4.69) is 13.2 Å². The van der Waals surface area contributed by atoms with Gasteiger partial charge in [0.15, 0.2) is 0 Å². The van der Waals surface area contributed by atoms with Crippen LogP contribution < -0.4 is 0 Å². The Labute approximate surface area is 71.3 Å². The van der Waals surface area contributed by atoms with Gasteiger partial charge in [0.05, 0.1) is 12.7 Å². The van der Waals surface area contributed by atoms with Gasteiger partial charge in [-0.1, -0.05) is 12.7 Å². The molecule has 1 aliphatic rings. The Morgan fingerprint density at radius 2 is 2.42 bits per heavy atom. The summed E-state index contributed by atoms with van der Waals surface area (Å²) in [5.74, 6) is -1.12. The second kappa shape index (κ2) is 3.54. The molecule has 0 radical (unpaired) electrons. The number of epoxide rings is 1. The van der Waals surface area contributed by atoms with E-state index in [9.17, 15) is 4.79 Å². The fraction of sp³-hybridized carbons (Fsp3) is 0.444. The van der Waals surface area contributed by atoms with Crippen LogP contribution >= 0.6 is 0 Å². The van der Waals surface area contributed by atoms with Gasteiger partial charge < -0.3 is 9.84 Å². The standard InChI is InChI=1S/C9H12O3/c1-3-7(4-8-5-12-8)6(2)9(10)11/h3,7-8H,1-2,4-5H2,(H,10,11). The first-order chi connectivity index (χ1) is 5.65. The Kier molecular flexibility index (Phi) is 2.65. The summed E-state index contributed by atoms with van der Waals surface area (Å²) in [5, 5.41) is 8.63. The molecule has 3 nitrogen and oxygen atoms in total. The highest BCUT2D eigenvalue weighted by molar-refractivity contribution is 5.86. The van der Waals surface area contributed by atoms with Gasteiger partial charge in [-0.15, -0.1) is 6.58 Å². The summed E-state index contributed by atoms with van der Waals surface area (Å²) in [5.41, 5.74) is 0.195. The van der Waals surface area contributed by atoms with Crippen molar-refractivity contribution < 1.29 is 14.6 Å². The minimum atomic E-state index is -0.958. The van der Waals surface area contributed by atoms with Gasteiger partial charge in [0, 0.05) is 11.5 Å². The molecule has 3 heteroatoms. The zero-order chi connectivity index (χ0) is 9.14. The number of carbonyl (C=O) groups is 1. The smallest absolute Gasteiger partial charge is 0.331 e. The molecule has 0 saturated carbocycles. The topological polar surface area (TPSA) is 49.8 Å². The van der Waals surface area contributed by atoms with E-state index < -0.39 is 5.97 Å². The molecule has 1 N–H and O–H groups in total. The molecule has 0 aromatic carbocycles. The van der Waals surface area contributed by atoms with Gasteiger partial charge in [0.1, 0.15) is 0 Å². The lowest BCUT2D eigenvalue weighted by Gasteiger charge is -2.09. The van der Waals surface area contributed by atoms with Gasteiger partial charge in [-0.25, -0.2) is 4.79 Å². The lowest BCUT2D eigenvalue weighted by Crippen LogP contribution is -2.11. The Bertz CT molecular complexity index is 216. The van der Waals surface area contributed by atoms with E-state index in [-0.39, 0.29) is 17.6 Å². The Balaban J connectivity index is 2.47. The summed E-state index contributed by atoms with van der Waals surface area (Å²) in [4.78, 5) is 10.5. The maximum absolute atomic E-state index is 10.5. The van der Waals surface area contributed by atoms with E-state index in [1.807, 2.05) is 0 Å². The molecule has 1 heterocycles. The second-order valence-corrected chi connectivity index (χ2v) is 2.86. The third kappa shape index (κ3) is 2.20. The van der Waals surface area contributed by atoms with Gasteiger partial charge in [-0.2, -0.15) is 0 Å². The summed E-state index contributed by atoms with van der Waals surface area (Å²) in [6.07, 6.45) is 2.51. The lowest BCUT2D eigenvalue weighted by atomic mass is 9.95. The Morgan fingerprint density at radius 1 is 1.83 bits per heavy atom. The van der Waals surface area contributed by atoms with Crippen molar-refractivity contribution in [2.75, 3.05) is 6.61 Å². The SMILES string of the molecule is C=CC(CC1CO1)C(=C)C(=O)O. The Morgan fingerprint density at radius 3 is 2.75 bits per heavy atom. The molecule has 0 aliphatic carbocycles. The van der Waals surface area contributed by atoms with E-state index in [0.29, 0.717) is 6.42 Å². The van der Waals surface area contributed by atoms with Crippen molar-refractivity contribution in [1.82, 2.24) is 0 Å². The van der Waals surface area contributed by atoms with Crippen molar-refractivity contribution in [3.8, 4) is 0 Å². The average Bonchev–Trinajstić information content (AvgIpc) is 2.82. The summed E-state index contributed by atoms with van der Waals surface area (Å²) in [7, 11) is 0. The van der Waals surface area contributed by atoms with Crippen LogP contribution in [0.3, 0.4) is 0 Å². The van der Waals surface area contributed by atoms with Crippen LogP contribution in [0.25, 0.3) is 0 Å². The normalized spacial score (nSPS) is 22.8. The van der Waals surface area contributed by atoms with E-state index in [1.165, 1.54) is 0 Å². The van der Waals surface area contributed by atoms with Crippen molar-refractivity contribution >= 4 is 5.97 Å². The number of carboxylic acid groups (broad SMARTS) is 1. The highest BCUT2D eigenvalue weighted by Crippen LogP contribution is 2.24. The molecule has 2 atom stereocenters. The van der Waals surface area contributed by atoms with Crippen LogP contribution in [-0.2, 0) is 9.53 Å². The number of rotatable bonds is 5. The molecule has 0 bridgehead atoms. The van der Waals surface area contributed by atoms with Crippen molar-refractivity contribution in [2.24, 2.45) is 5.92 Å². The number of hydrogen-bond acceptors (Lipinski definition) is 2. The fourth-order valence-corrected chi connectivity index (χ4v) is 1.03. The summed E-state index contributed by atoms with van der Waals surface area (Å²) >= 11 is 0. The molecular formula is C9H12O3. The molecule has 0 aromatic rings. The highest BCUT2D eigenvalue weighted by Gasteiger charge is 2.28. The molecule has 0 aromatic heterocycles. The van der Waals surface area contributed by atoms with Gasteiger partial charge in [0.2, 0.25) is 0 Å². The molecular weight excluding hydrogens is 156 g/mol. The average molecular weight is 168 g/mol. The largest absolute Gasteiger partial charge is 0.478 e. The number of allylic oxidation sites excluding steroid dienone is 1. The maximum atomic E-state index is 10.5. The molecule has 12 heavy (non-hydrogen) atoms. The minimum absolute atomic E-state index is 0.157. The quantitative estimate of drug-likeness (QED) is 0.381. The van der Waals surface area contributed by atoms with Crippen LogP contribution in [0.5, 0.6) is 0 Å². The lowest BCUT2D eigenvalue weighted by molar-refractivity contribution is -0.133. The van der Waals surface area contributed by atoms with Crippen LogP contribution in [0.15, 0.2) is 24.8 Å². The molecule has 66 valence electrons. The van der Waals surface area contributed by atoms with Crippen molar-refractivity contribution in [3.63, 3.8) is 0 Å². The second-order valence-electron chi connectivity index (χ2n) is 2.86. The first-order valence-corrected chi connectivity index (χ1v) is 3.81. The monoisotopic (exact) mass is 168 g/mol. The summed E-state index contributed by atoms with van der Waals surface area (Å²) < 4.78 is 4.99. The minimum Gasteiger partial charge on any atom is -0.478 e. The molecule has 0 spiro atoms. The fourth-order valence-electron chi connectivity index (χ4n) is 1.03. The zero-order valence-electron chi connectivity index (χ0n) is 6.82. The number of ether oxygens (including phenoxy) is 1. The zero-order valence-corrected chi connectivity index (χ0v) is 6.82. The van der Waals surface area contributed by atoms with E-state index in [4.69, 9.17) is 9.84 Å². The maximum Gasteiger partial charge on any atom is 0.331 e. The van der Waals surface area contributed by atoms with Crippen molar-refractivity contribution in [1.29, 1.82) is 0 Å². The van der Waals surface area contributed by atoms with Crippen LogP contribution in [0.4, 0.5) is 0 Å². The van der Waals surface area contributed by atoms with Crippen LogP contribution in [0.2, 0.25) is 0 Å². The van der Waals surface area contributed by atoms with E-state index in [0.717, 1.165) is 6.61 Å². The predicted molar refractivity (Wildman–Crippen MR) is 44.8 cm³/mol. The van der Waals surface area contributed by atoms with Gasteiger partial charge in [-0.05, 0) is 6.42 Å². The molecule has 0 amide bonds. The van der Waals surface area contributed by atoms with E-state index >= 15 is 0 Å².